The molecule has 0 saturated carbocycles. The zero-order chi connectivity index (χ0) is 54.0. The molecule has 1 rings (SSSR count). The first-order chi connectivity index (χ1) is 36.0. The predicted octanol–water partition coefficient (Wildman–Crippen LogP) is 15.4. The van der Waals surface area contributed by atoms with Crippen LogP contribution in [-0.4, -0.2) is 95.4 Å². The van der Waals surface area contributed by atoms with E-state index in [0.717, 1.165) is 38.5 Å². The summed E-state index contributed by atoms with van der Waals surface area (Å²) in [4.78, 5) is 13.2. The SMILES string of the molecule is CCCCCCCCCCCCCCCCCCC/C=C/C(O)C(COC1OC(CO)C(O)C(OS(=O)(=O)O)C1O)NC(=O)CCCCCCCCCCCCCCCCCCCCCCCCCCCCCC. The average Bonchev–Trinajstić information content (AvgIpc) is 3.38. The Kier molecular flexibility index (Phi) is 49.1. The molecule has 13 heteroatoms. The molecule has 1 fully saturated rings. The lowest BCUT2D eigenvalue weighted by atomic mass is 9.99. The van der Waals surface area contributed by atoms with Gasteiger partial charge in [-0.2, -0.15) is 8.42 Å². The minimum Gasteiger partial charge on any atom is -0.394 e. The highest BCUT2D eigenvalue weighted by atomic mass is 32.3. The predicted molar refractivity (Wildman–Crippen MR) is 306 cm³/mol. The molecule has 1 aliphatic heterocycles. The molecule has 7 unspecified atom stereocenters. The van der Waals surface area contributed by atoms with E-state index in [-0.39, 0.29) is 18.9 Å². The van der Waals surface area contributed by atoms with Gasteiger partial charge in [-0.1, -0.05) is 302 Å². The molecule has 12 nitrogen and oxygen atoms in total. The molecule has 440 valence electrons. The van der Waals surface area contributed by atoms with Gasteiger partial charge in [0.05, 0.1) is 25.4 Å². The van der Waals surface area contributed by atoms with Gasteiger partial charge in [0.25, 0.3) is 0 Å². The first kappa shape index (κ1) is 70.9. The third-order valence-electron chi connectivity index (χ3n) is 15.3. The van der Waals surface area contributed by atoms with Crippen LogP contribution in [0.1, 0.15) is 316 Å². The maximum atomic E-state index is 13.2. The maximum absolute atomic E-state index is 13.2. The Morgan fingerprint density at radius 1 is 0.527 bits per heavy atom. The Hall–Kier alpha value is -1.16. The number of hydrogen-bond acceptors (Lipinski definition) is 10. The van der Waals surface area contributed by atoms with Gasteiger partial charge in [-0.15, -0.1) is 0 Å². The van der Waals surface area contributed by atoms with Gasteiger partial charge in [0.2, 0.25) is 5.91 Å². The lowest BCUT2D eigenvalue weighted by Gasteiger charge is -2.41. The maximum Gasteiger partial charge on any atom is 0.397 e. The zero-order valence-corrected chi connectivity index (χ0v) is 48.8. The standard InChI is InChI=1S/C61H119NO11S/c1-3-5-7-9-11-13-15-17-19-21-23-24-25-26-27-28-29-30-31-33-35-37-39-41-43-45-47-49-51-57(65)62-54(53-71-61-59(67)60(73-74(68,69)70)58(66)56(52-63)72-61)55(64)50-48-46-44-42-40-38-36-34-32-22-20-18-16-14-12-10-8-6-4-2/h48,50,54-56,58-61,63-64,66-67H,3-47,49,51-53H2,1-2H3,(H,62,65)(H,68,69,70)/b50-48+. The average molecular weight is 1070 g/mol. The monoisotopic (exact) mass is 1070 g/mol. The van der Waals surface area contributed by atoms with E-state index in [1.54, 1.807) is 6.08 Å². The lowest BCUT2D eigenvalue weighted by Crippen LogP contribution is -2.61. The van der Waals surface area contributed by atoms with Crippen LogP contribution in [0.2, 0.25) is 0 Å². The van der Waals surface area contributed by atoms with Gasteiger partial charge in [-0.25, -0.2) is 4.18 Å². The molecular formula is C61H119NO11S. The minimum absolute atomic E-state index is 0.254. The summed E-state index contributed by atoms with van der Waals surface area (Å²) in [6.45, 7) is 3.45. The molecule has 1 aliphatic rings. The van der Waals surface area contributed by atoms with Crippen LogP contribution >= 0.6 is 0 Å². The van der Waals surface area contributed by atoms with Crippen LogP contribution in [0, 0.1) is 0 Å². The molecule has 0 radical (unpaired) electrons. The van der Waals surface area contributed by atoms with Crippen molar-refractivity contribution in [3.63, 3.8) is 0 Å². The Labute approximate surface area is 455 Å². The van der Waals surface area contributed by atoms with Crippen molar-refractivity contribution < 1.29 is 51.8 Å². The van der Waals surface area contributed by atoms with Crippen molar-refractivity contribution in [2.45, 2.75) is 358 Å². The summed E-state index contributed by atoms with van der Waals surface area (Å²) in [5.41, 5.74) is 0. The smallest absolute Gasteiger partial charge is 0.394 e. The number of allylic oxidation sites excluding steroid dienone is 1. The van der Waals surface area contributed by atoms with Gasteiger partial charge in [0.1, 0.15) is 24.4 Å². The first-order valence-electron chi connectivity index (χ1n) is 31.6. The third kappa shape index (κ3) is 42.8. The summed E-state index contributed by atoms with van der Waals surface area (Å²) in [7, 11) is -5.09. The molecule has 7 atom stereocenters. The van der Waals surface area contributed by atoms with E-state index in [4.69, 9.17) is 9.47 Å². The molecule has 0 aromatic rings. The summed E-state index contributed by atoms with van der Waals surface area (Å²) in [6, 6.07) is -0.941. The Morgan fingerprint density at radius 3 is 1.18 bits per heavy atom. The third-order valence-corrected chi connectivity index (χ3v) is 15.8. The van der Waals surface area contributed by atoms with Crippen molar-refractivity contribution in [2.24, 2.45) is 0 Å². The van der Waals surface area contributed by atoms with Gasteiger partial charge in [0.15, 0.2) is 6.29 Å². The van der Waals surface area contributed by atoms with Gasteiger partial charge in [-0.3, -0.25) is 9.35 Å². The number of carbonyl (C=O) groups excluding carboxylic acids is 1. The lowest BCUT2D eigenvalue weighted by molar-refractivity contribution is -0.298. The summed E-state index contributed by atoms with van der Waals surface area (Å²) < 4.78 is 47.9. The number of ether oxygens (including phenoxy) is 2. The second-order valence-electron chi connectivity index (χ2n) is 22.4. The summed E-state index contributed by atoms with van der Waals surface area (Å²) in [5, 5.41) is 45.0. The number of rotatable bonds is 56. The molecule has 0 spiro atoms. The molecule has 1 saturated heterocycles. The normalized spacial score (nSPS) is 19.1. The topological polar surface area (TPSA) is 192 Å². The van der Waals surface area contributed by atoms with Crippen LogP contribution in [0.4, 0.5) is 0 Å². The van der Waals surface area contributed by atoms with E-state index >= 15 is 0 Å². The van der Waals surface area contributed by atoms with Crippen molar-refractivity contribution >= 4 is 16.3 Å². The molecule has 0 aromatic heterocycles. The quantitative estimate of drug-likeness (QED) is 0.0193. The number of aliphatic hydroxyl groups excluding tert-OH is 4. The van der Waals surface area contributed by atoms with Crippen LogP contribution < -0.4 is 5.32 Å². The fourth-order valence-corrected chi connectivity index (χ4v) is 11.0. The van der Waals surface area contributed by atoms with E-state index in [1.807, 2.05) is 6.08 Å². The van der Waals surface area contributed by atoms with E-state index in [0.29, 0.717) is 6.42 Å². The van der Waals surface area contributed by atoms with Gasteiger partial charge in [0, 0.05) is 6.42 Å². The molecule has 0 aliphatic carbocycles. The fourth-order valence-electron chi connectivity index (χ4n) is 10.5. The first-order valence-corrected chi connectivity index (χ1v) is 32.9. The van der Waals surface area contributed by atoms with Gasteiger partial charge < -0.3 is 35.2 Å². The second-order valence-corrected chi connectivity index (χ2v) is 23.4. The van der Waals surface area contributed by atoms with Crippen molar-refractivity contribution in [3.05, 3.63) is 12.2 Å². The number of unbranched alkanes of at least 4 members (excludes halogenated alkanes) is 44. The van der Waals surface area contributed by atoms with Crippen molar-refractivity contribution in [2.75, 3.05) is 13.2 Å². The highest BCUT2D eigenvalue weighted by Gasteiger charge is 2.48. The highest BCUT2D eigenvalue weighted by Crippen LogP contribution is 2.26. The van der Waals surface area contributed by atoms with Crippen molar-refractivity contribution in [1.82, 2.24) is 5.32 Å². The van der Waals surface area contributed by atoms with E-state index in [9.17, 15) is 38.2 Å². The number of aliphatic hydroxyl groups is 4. The Bertz CT molecular complexity index is 1350. The number of amides is 1. The number of hydrogen-bond donors (Lipinski definition) is 6. The van der Waals surface area contributed by atoms with Crippen LogP contribution in [0.3, 0.4) is 0 Å². The van der Waals surface area contributed by atoms with Crippen LogP contribution in [0.5, 0.6) is 0 Å². The second kappa shape index (κ2) is 51.3. The largest absolute Gasteiger partial charge is 0.397 e. The summed E-state index contributed by atoms with van der Waals surface area (Å²) in [5.74, 6) is -0.254. The van der Waals surface area contributed by atoms with Crippen LogP contribution in [0.15, 0.2) is 12.2 Å². The van der Waals surface area contributed by atoms with Gasteiger partial charge >= 0.3 is 10.4 Å². The molecule has 0 aromatic carbocycles. The number of carbonyl (C=O) groups is 1. The molecule has 6 N–H and O–H groups in total. The van der Waals surface area contributed by atoms with Crippen LogP contribution in [0.25, 0.3) is 0 Å². The van der Waals surface area contributed by atoms with E-state index < -0.39 is 59.9 Å². The minimum atomic E-state index is -5.09. The number of nitrogens with one attached hydrogen (secondary N) is 1. The van der Waals surface area contributed by atoms with E-state index in [2.05, 4.69) is 23.3 Å². The Balaban J connectivity index is 2.29. The van der Waals surface area contributed by atoms with Crippen molar-refractivity contribution in [1.29, 1.82) is 0 Å². The van der Waals surface area contributed by atoms with E-state index in [1.165, 1.54) is 250 Å². The highest BCUT2D eigenvalue weighted by molar-refractivity contribution is 7.80. The molecular weight excluding hydrogens is 955 g/mol. The fraction of sp³-hybridized carbons (Fsp3) is 0.951. The molecule has 0 bridgehead atoms. The van der Waals surface area contributed by atoms with Crippen molar-refractivity contribution in [3.8, 4) is 0 Å². The molecule has 1 heterocycles. The summed E-state index contributed by atoms with van der Waals surface area (Å²) in [6.07, 6.45) is 54.1. The Morgan fingerprint density at radius 2 is 0.851 bits per heavy atom. The molecule has 1 amide bonds. The van der Waals surface area contributed by atoms with Gasteiger partial charge in [-0.05, 0) is 19.3 Å². The summed E-state index contributed by atoms with van der Waals surface area (Å²) >= 11 is 0. The zero-order valence-electron chi connectivity index (χ0n) is 47.9. The van der Waals surface area contributed by atoms with Crippen LogP contribution in [-0.2, 0) is 28.9 Å². The molecule has 74 heavy (non-hydrogen) atoms.